The van der Waals surface area contributed by atoms with Gasteiger partial charge in [0.2, 0.25) is 0 Å². The lowest BCUT2D eigenvalue weighted by molar-refractivity contribution is 0.0574. The van der Waals surface area contributed by atoms with Gasteiger partial charge in [-0.15, -0.1) is 0 Å². The van der Waals surface area contributed by atoms with Crippen molar-refractivity contribution in [3.63, 3.8) is 0 Å². The van der Waals surface area contributed by atoms with Crippen LogP contribution in [-0.2, 0) is 4.74 Å². The van der Waals surface area contributed by atoms with Crippen LogP contribution < -0.4 is 10.2 Å². The van der Waals surface area contributed by atoms with Crippen molar-refractivity contribution in [2.75, 3.05) is 23.3 Å². The number of ketones is 2. The van der Waals surface area contributed by atoms with Crippen LogP contribution in [0.2, 0.25) is 10.0 Å². The first-order valence-corrected chi connectivity index (χ1v) is 17.1. The Bertz CT molecular complexity index is 1920. The number of rotatable bonds is 2. The highest BCUT2D eigenvalue weighted by atomic mass is 35.5. The van der Waals surface area contributed by atoms with E-state index in [1.165, 1.54) is 4.90 Å². The topological polar surface area (TPSA) is 101 Å². The van der Waals surface area contributed by atoms with Gasteiger partial charge in [-0.05, 0) is 82.1 Å². The van der Waals surface area contributed by atoms with Gasteiger partial charge in [0.05, 0.1) is 22.5 Å². The Morgan fingerprint density at radius 1 is 0.776 bits per heavy atom. The van der Waals surface area contributed by atoms with Crippen LogP contribution >= 0.6 is 23.2 Å². The van der Waals surface area contributed by atoms with Gasteiger partial charge in [0.1, 0.15) is 17.2 Å². The van der Waals surface area contributed by atoms with E-state index in [1.807, 2.05) is 97.0 Å². The van der Waals surface area contributed by atoms with E-state index in [4.69, 9.17) is 27.9 Å². The van der Waals surface area contributed by atoms with Crippen LogP contribution in [0.4, 0.5) is 16.4 Å². The Labute approximate surface area is 298 Å². The molecule has 0 bridgehead atoms. The van der Waals surface area contributed by atoms with Gasteiger partial charge in [-0.25, -0.2) is 14.8 Å². The number of hydrogen-bond donors (Lipinski definition) is 1. The fourth-order valence-electron chi connectivity index (χ4n) is 5.67. The minimum atomic E-state index is -0.645. The molecule has 4 aromatic rings. The highest BCUT2D eigenvalue weighted by molar-refractivity contribution is 6.31. The SMILES string of the molecule is CC(C)(C)OC(=O)N1CCC(C)(C)C(=O)c2ccc(-c3cccc(Cl)c3)nc21.CC1(C)CCNc2nc(-c3cccc(Cl)c3)ccc2C1=O. The maximum Gasteiger partial charge on any atom is 0.416 e. The van der Waals surface area contributed by atoms with E-state index in [-0.39, 0.29) is 17.0 Å². The molecule has 0 radical (unpaired) electrons. The first kappa shape index (κ1) is 36.0. The van der Waals surface area contributed by atoms with Crippen molar-refractivity contribution in [3.05, 3.63) is 94.0 Å². The number of nitrogens with one attached hydrogen (secondary N) is 1. The molecule has 0 unspecified atom stereocenters. The molecule has 0 atom stereocenters. The molecule has 256 valence electrons. The van der Waals surface area contributed by atoms with Gasteiger partial charge in [-0.2, -0.15) is 0 Å². The van der Waals surface area contributed by atoms with E-state index in [2.05, 4.69) is 15.3 Å². The molecule has 0 aliphatic carbocycles. The molecule has 0 saturated heterocycles. The largest absolute Gasteiger partial charge is 0.443 e. The first-order valence-electron chi connectivity index (χ1n) is 16.3. The number of halogens is 2. The molecule has 1 N–H and O–H groups in total. The number of carbonyl (C=O) groups excluding carboxylic acids is 3. The molecule has 0 saturated carbocycles. The first-order chi connectivity index (χ1) is 22.9. The molecular weight excluding hydrogens is 659 g/mol. The van der Waals surface area contributed by atoms with E-state index < -0.39 is 17.1 Å². The second-order valence-corrected chi connectivity index (χ2v) is 15.5. The van der Waals surface area contributed by atoms with Gasteiger partial charge >= 0.3 is 6.09 Å². The van der Waals surface area contributed by atoms with Crippen molar-refractivity contribution < 1.29 is 19.1 Å². The summed E-state index contributed by atoms with van der Waals surface area (Å²) in [6.45, 7) is 14.3. The summed E-state index contributed by atoms with van der Waals surface area (Å²) >= 11 is 12.1. The van der Waals surface area contributed by atoms with Crippen LogP contribution in [0.3, 0.4) is 0 Å². The van der Waals surface area contributed by atoms with E-state index >= 15 is 0 Å². The molecule has 10 heteroatoms. The number of benzene rings is 2. The van der Waals surface area contributed by atoms with Gasteiger partial charge < -0.3 is 10.1 Å². The van der Waals surface area contributed by atoms with Gasteiger partial charge in [0.25, 0.3) is 0 Å². The minimum absolute atomic E-state index is 0.0290. The lowest BCUT2D eigenvalue weighted by atomic mass is 9.82. The number of pyridine rings is 2. The van der Waals surface area contributed by atoms with E-state index in [1.54, 1.807) is 24.3 Å². The Hall–Kier alpha value is -4.27. The summed E-state index contributed by atoms with van der Waals surface area (Å²) in [4.78, 5) is 49.3. The zero-order valence-electron chi connectivity index (χ0n) is 29.0. The molecule has 2 aromatic carbocycles. The number of hydrogen-bond acceptors (Lipinski definition) is 7. The quantitative estimate of drug-likeness (QED) is 0.222. The zero-order valence-corrected chi connectivity index (χ0v) is 30.5. The molecule has 0 fully saturated rings. The van der Waals surface area contributed by atoms with Crippen LogP contribution in [0.1, 0.15) is 82.0 Å². The number of carbonyl (C=O) groups is 3. The number of Topliss-reactive ketones (excluding diaryl/α,β-unsaturated/α-hetero) is 2. The average Bonchev–Trinajstić information content (AvgIpc) is 3.20. The molecule has 8 nitrogen and oxygen atoms in total. The van der Waals surface area contributed by atoms with Crippen molar-refractivity contribution >= 4 is 52.5 Å². The Balaban J connectivity index is 0.000000199. The number of ether oxygens (including phenoxy) is 1. The summed E-state index contributed by atoms with van der Waals surface area (Å²) < 4.78 is 5.57. The summed E-state index contributed by atoms with van der Waals surface area (Å²) in [7, 11) is 0. The number of amides is 1. The molecule has 4 heterocycles. The zero-order chi connectivity index (χ0) is 35.7. The summed E-state index contributed by atoms with van der Waals surface area (Å²) in [5, 5.41) is 4.54. The molecule has 2 aliphatic rings. The van der Waals surface area contributed by atoms with Gasteiger partial charge in [-0.3, -0.25) is 14.5 Å². The van der Waals surface area contributed by atoms with Crippen molar-refractivity contribution in [2.45, 2.75) is 66.9 Å². The van der Waals surface area contributed by atoms with Crippen molar-refractivity contribution in [3.8, 4) is 22.5 Å². The van der Waals surface area contributed by atoms with Crippen LogP contribution in [0.5, 0.6) is 0 Å². The monoisotopic (exact) mass is 700 g/mol. The average molecular weight is 702 g/mol. The van der Waals surface area contributed by atoms with E-state index in [0.717, 1.165) is 29.8 Å². The predicted octanol–water partition coefficient (Wildman–Crippen LogP) is 10.2. The van der Waals surface area contributed by atoms with Crippen LogP contribution in [0.15, 0.2) is 72.8 Å². The van der Waals surface area contributed by atoms with E-state index in [0.29, 0.717) is 51.5 Å². The second kappa shape index (κ2) is 13.9. The fourth-order valence-corrected chi connectivity index (χ4v) is 6.05. The molecule has 2 aromatic heterocycles. The van der Waals surface area contributed by atoms with Gasteiger partial charge in [0, 0.05) is 45.1 Å². The van der Waals surface area contributed by atoms with Crippen LogP contribution in [-0.4, -0.2) is 46.3 Å². The highest BCUT2D eigenvalue weighted by Crippen LogP contribution is 2.37. The summed E-state index contributed by atoms with van der Waals surface area (Å²) in [6.07, 6.45) is 0.817. The highest BCUT2D eigenvalue weighted by Gasteiger charge is 2.39. The van der Waals surface area contributed by atoms with Crippen LogP contribution in [0, 0.1) is 10.8 Å². The predicted molar refractivity (Wildman–Crippen MR) is 197 cm³/mol. The fraction of sp³-hybridized carbons (Fsp3) is 0.359. The van der Waals surface area contributed by atoms with Gasteiger partial charge in [-0.1, -0.05) is 75.2 Å². The Morgan fingerprint density at radius 3 is 1.88 bits per heavy atom. The van der Waals surface area contributed by atoms with Gasteiger partial charge in [0.15, 0.2) is 11.6 Å². The maximum absolute atomic E-state index is 13.1. The second-order valence-electron chi connectivity index (χ2n) is 14.7. The molecule has 0 spiro atoms. The van der Waals surface area contributed by atoms with Crippen molar-refractivity contribution in [2.24, 2.45) is 10.8 Å². The lowest BCUT2D eigenvalue weighted by Gasteiger charge is -2.27. The summed E-state index contributed by atoms with van der Waals surface area (Å²) in [5.74, 6) is 1.12. The maximum atomic E-state index is 13.1. The Kier molecular flexibility index (Phi) is 10.2. The summed E-state index contributed by atoms with van der Waals surface area (Å²) in [6, 6.07) is 22.2. The Morgan fingerprint density at radius 2 is 1.31 bits per heavy atom. The molecule has 2 aliphatic heterocycles. The standard InChI is InChI=1S/C22H25ClN2O3.C17H17ClN2O/c1-21(2,3)28-20(27)25-12-11-22(4,5)18(26)16-9-10-17(24-19(16)25)14-7-6-8-15(23)13-14;1-17(2)8-9-19-16-13(15(17)21)6-7-14(20-16)11-4-3-5-12(18)10-11/h6-10,13H,11-12H2,1-5H3;3-7,10H,8-9H2,1-2H3,(H,19,20). The number of anilines is 2. The normalized spacial score (nSPS) is 16.6. The van der Waals surface area contributed by atoms with Crippen molar-refractivity contribution in [1.29, 1.82) is 0 Å². The third-order valence-electron chi connectivity index (χ3n) is 8.60. The molecule has 6 rings (SSSR count). The third-order valence-corrected chi connectivity index (χ3v) is 9.07. The van der Waals surface area contributed by atoms with Crippen LogP contribution in [0.25, 0.3) is 22.5 Å². The smallest absolute Gasteiger partial charge is 0.416 e. The number of fused-ring (bicyclic) bond motifs is 2. The van der Waals surface area contributed by atoms with Crippen molar-refractivity contribution in [1.82, 2.24) is 9.97 Å². The molecular formula is C39H42Cl2N4O4. The lowest BCUT2D eigenvalue weighted by Crippen LogP contribution is -2.38. The third kappa shape index (κ3) is 8.31. The number of aromatic nitrogens is 2. The minimum Gasteiger partial charge on any atom is -0.443 e. The molecule has 49 heavy (non-hydrogen) atoms. The summed E-state index contributed by atoms with van der Waals surface area (Å²) in [5.41, 5.74) is 2.73. The number of nitrogens with zero attached hydrogens (tertiary/aromatic N) is 3. The van der Waals surface area contributed by atoms with E-state index in [9.17, 15) is 14.4 Å². The molecule has 1 amide bonds.